The minimum atomic E-state index is -0.891. The van der Waals surface area contributed by atoms with Gasteiger partial charge in [0.2, 0.25) is 5.78 Å². The fraction of sp³-hybridized carbons (Fsp3) is 0.160. The van der Waals surface area contributed by atoms with Crippen molar-refractivity contribution in [3.05, 3.63) is 93.4 Å². The lowest BCUT2D eigenvalue weighted by atomic mass is 10.1. The molecule has 0 aliphatic heterocycles. The van der Waals surface area contributed by atoms with E-state index in [0.29, 0.717) is 22.6 Å². The first-order valence-electron chi connectivity index (χ1n) is 10.6. The Kier molecular flexibility index (Phi) is 6.28. The van der Waals surface area contributed by atoms with Gasteiger partial charge in [-0.25, -0.2) is 9.07 Å². The summed E-state index contributed by atoms with van der Waals surface area (Å²) in [5.74, 6) is -2.62. The molecule has 0 radical (unpaired) electrons. The third kappa shape index (κ3) is 4.58. The number of hydrogen-bond acceptors (Lipinski definition) is 6. The number of nitrogens with zero attached hydrogens (tertiary/aromatic N) is 3. The molecule has 2 aromatic carbocycles. The molecular formula is C25H21FN4O5. The third-order valence-electron chi connectivity index (χ3n) is 5.54. The Labute approximate surface area is 198 Å². The third-order valence-corrected chi connectivity index (χ3v) is 5.54. The van der Waals surface area contributed by atoms with Crippen molar-refractivity contribution in [1.29, 1.82) is 0 Å². The van der Waals surface area contributed by atoms with E-state index in [4.69, 9.17) is 10.5 Å². The van der Waals surface area contributed by atoms with Crippen molar-refractivity contribution >= 4 is 28.4 Å². The molecule has 9 nitrogen and oxygen atoms in total. The Hall–Kier alpha value is -4.60. The van der Waals surface area contributed by atoms with E-state index in [1.54, 1.807) is 48.7 Å². The normalized spacial score (nSPS) is 10.9. The molecule has 2 N–H and O–H groups in total. The molecule has 0 aliphatic carbocycles. The van der Waals surface area contributed by atoms with Gasteiger partial charge in [0.05, 0.1) is 5.39 Å². The monoisotopic (exact) mass is 476 g/mol. The van der Waals surface area contributed by atoms with Crippen LogP contribution in [0.5, 0.6) is 0 Å². The number of Topliss-reactive ketones (excluding diaryl/α,β-unsaturated/α-hetero) is 1. The molecule has 0 saturated carbocycles. The van der Waals surface area contributed by atoms with E-state index in [0.717, 1.165) is 4.68 Å². The van der Waals surface area contributed by atoms with Crippen molar-refractivity contribution < 1.29 is 23.5 Å². The van der Waals surface area contributed by atoms with Gasteiger partial charge >= 0.3 is 5.97 Å². The van der Waals surface area contributed by atoms with Gasteiger partial charge in [-0.3, -0.25) is 19.2 Å². The van der Waals surface area contributed by atoms with Crippen LogP contribution < -0.4 is 11.3 Å². The second-order valence-corrected chi connectivity index (χ2v) is 7.91. The second-order valence-electron chi connectivity index (χ2n) is 7.91. The molecular weight excluding hydrogens is 455 g/mol. The Balaban J connectivity index is 1.51. The quantitative estimate of drug-likeness (QED) is 0.323. The highest BCUT2D eigenvalue weighted by atomic mass is 19.1. The molecule has 1 amide bonds. The summed E-state index contributed by atoms with van der Waals surface area (Å²) in [5.41, 5.74) is 6.75. The number of benzene rings is 2. The van der Waals surface area contributed by atoms with Crippen molar-refractivity contribution in [3.8, 4) is 5.69 Å². The summed E-state index contributed by atoms with van der Waals surface area (Å²) in [4.78, 5) is 49.6. The van der Waals surface area contributed by atoms with Crippen molar-refractivity contribution in [2.75, 3.05) is 6.61 Å². The second kappa shape index (κ2) is 9.34. The van der Waals surface area contributed by atoms with Crippen molar-refractivity contribution in [1.82, 2.24) is 14.3 Å². The van der Waals surface area contributed by atoms with Gasteiger partial charge in [-0.1, -0.05) is 24.3 Å². The van der Waals surface area contributed by atoms with Crippen molar-refractivity contribution in [2.45, 2.75) is 20.4 Å². The number of ketones is 1. The molecule has 35 heavy (non-hydrogen) atoms. The maximum atomic E-state index is 13.7. The van der Waals surface area contributed by atoms with E-state index in [1.807, 2.05) is 0 Å². The van der Waals surface area contributed by atoms with Gasteiger partial charge in [0, 0.05) is 28.0 Å². The predicted octanol–water partition coefficient (Wildman–Crippen LogP) is 2.47. The number of primary amides is 1. The maximum Gasteiger partial charge on any atom is 0.328 e. The van der Waals surface area contributed by atoms with Gasteiger partial charge in [0.15, 0.2) is 12.3 Å². The Morgan fingerprint density at radius 2 is 1.74 bits per heavy atom. The van der Waals surface area contributed by atoms with E-state index < -0.39 is 42.2 Å². The lowest BCUT2D eigenvalue weighted by molar-refractivity contribution is -0.143. The van der Waals surface area contributed by atoms with Crippen LogP contribution in [0.2, 0.25) is 0 Å². The Bertz CT molecular complexity index is 1550. The predicted molar refractivity (Wildman–Crippen MR) is 125 cm³/mol. The number of ether oxygens (including phenoxy) is 1. The topological polar surface area (TPSA) is 126 Å². The lowest BCUT2D eigenvalue weighted by Crippen LogP contribution is -2.31. The zero-order valence-electron chi connectivity index (χ0n) is 18.9. The highest BCUT2D eigenvalue weighted by Gasteiger charge is 2.20. The number of rotatable bonds is 7. The first-order chi connectivity index (χ1) is 16.7. The molecule has 178 valence electrons. The van der Waals surface area contributed by atoms with Crippen LogP contribution in [-0.2, 0) is 16.1 Å². The average Bonchev–Trinajstić information content (AvgIpc) is 3.13. The minimum Gasteiger partial charge on any atom is -0.456 e. The molecule has 0 saturated heterocycles. The number of esters is 1. The molecule has 4 rings (SSSR count). The van der Waals surface area contributed by atoms with Gasteiger partial charge in [-0.15, -0.1) is 0 Å². The summed E-state index contributed by atoms with van der Waals surface area (Å²) in [5, 5.41) is 4.35. The first kappa shape index (κ1) is 23.6. The van der Waals surface area contributed by atoms with Crippen LogP contribution in [0.4, 0.5) is 4.39 Å². The molecule has 2 aromatic heterocycles. The van der Waals surface area contributed by atoms with Crippen LogP contribution >= 0.6 is 0 Å². The van der Waals surface area contributed by atoms with E-state index in [9.17, 15) is 23.6 Å². The fourth-order valence-corrected chi connectivity index (χ4v) is 3.97. The zero-order valence-corrected chi connectivity index (χ0v) is 18.9. The molecule has 0 fully saturated rings. The summed E-state index contributed by atoms with van der Waals surface area (Å²) in [6.45, 7) is 2.29. The van der Waals surface area contributed by atoms with Crippen LogP contribution in [0.3, 0.4) is 0 Å². The zero-order chi connectivity index (χ0) is 25.3. The molecule has 0 atom stereocenters. The number of carbonyl (C=O) groups is 3. The van der Waals surface area contributed by atoms with E-state index in [-0.39, 0.29) is 16.5 Å². The van der Waals surface area contributed by atoms with Gasteiger partial charge in [-0.2, -0.15) is 5.10 Å². The fourth-order valence-electron chi connectivity index (χ4n) is 3.97. The highest BCUT2D eigenvalue weighted by molar-refractivity contribution is 6.04. The van der Waals surface area contributed by atoms with Crippen LogP contribution in [-0.4, -0.2) is 38.6 Å². The lowest BCUT2D eigenvalue weighted by Gasteiger charge is -2.10. The Morgan fingerprint density at radius 3 is 2.43 bits per heavy atom. The molecule has 0 aliphatic rings. The van der Waals surface area contributed by atoms with Gasteiger partial charge in [0.1, 0.15) is 12.4 Å². The summed E-state index contributed by atoms with van der Waals surface area (Å²) in [6.07, 6.45) is 0. The molecule has 10 heteroatoms. The molecule has 0 unspecified atom stereocenters. The number of amides is 1. The minimum absolute atomic E-state index is 0.158. The van der Waals surface area contributed by atoms with Crippen molar-refractivity contribution in [3.63, 3.8) is 0 Å². The van der Waals surface area contributed by atoms with Gasteiger partial charge < -0.3 is 15.0 Å². The SMILES string of the molecule is Cc1cc(C(=O)COC(=O)Cn2nc(C(N)=O)c3ccccc3c2=O)c(C)n1-c1cccc(F)c1. The van der Waals surface area contributed by atoms with Gasteiger partial charge in [0.25, 0.3) is 11.5 Å². The van der Waals surface area contributed by atoms with E-state index >= 15 is 0 Å². The number of fused-ring (bicyclic) bond motifs is 1. The smallest absolute Gasteiger partial charge is 0.328 e. The van der Waals surface area contributed by atoms with Crippen LogP contribution in [0, 0.1) is 19.7 Å². The van der Waals surface area contributed by atoms with Crippen LogP contribution in [0.15, 0.2) is 59.4 Å². The van der Waals surface area contributed by atoms with Crippen molar-refractivity contribution in [2.24, 2.45) is 5.73 Å². The summed E-state index contributed by atoms with van der Waals surface area (Å²) >= 11 is 0. The standard InChI is InChI=1S/C25H21FN4O5/c1-14-10-20(15(2)30(14)17-7-5-6-16(26)11-17)21(31)13-35-22(32)12-29-25(34)19-9-4-3-8-18(19)23(28-29)24(27)33/h3-11H,12-13H2,1-2H3,(H2,27,33). The van der Waals surface area contributed by atoms with Gasteiger partial charge in [-0.05, 0) is 44.2 Å². The number of hydrogen-bond donors (Lipinski definition) is 1. The van der Waals surface area contributed by atoms with E-state index in [2.05, 4.69) is 5.10 Å². The molecule has 4 aromatic rings. The first-order valence-corrected chi connectivity index (χ1v) is 10.6. The molecule has 0 bridgehead atoms. The number of aromatic nitrogens is 3. The van der Waals surface area contributed by atoms with E-state index in [1.165, 1.54) is 24.3 Å². The molecule has 0 spiro atoms. The largest absolute Gasteiger partial charge is 0.456 e. The number of nitrogens with two attached hydrogens (primary N) is 1. The number of aryl methyl sites for hydroxylation is 1. The Morgan fingerprint density at radius 1 is 1.03 bits per heavy atom. The highest BCUT2D eigenvalue weighted by Crippen LogP contribution is 2.22. The maximum absolute atomic E-state index is 13.7. The number of halogens is 1. The number of carbonyl (C=O) groups excluding carboxylic acids is 3. The van der Waals surface area contributed by atoms with Crippen LogP contribution in [0.1, 0.15) is 32.2 Å². The van der Waals surface area contributed by atoms with Crippen LogP contribution in [0.25, 0.3) is 16.5 Å². The summed E-state index contributed by atoms with van der Waals surface area (Å²) < 4.78 is 21.3. The average molecular weight is 476 g/mol. The summed E-state index contributed by atoms with van der Waals surface area (Å²) in [6, 6.07) is 13.9. The summed E-state index contributed by atoms with van der Waals surface area (Å²) in [7, 11) is 0. The molecule has 2 heterocycles.